The summed E-state index contributed by atoms with van der Waals surface area (Å²) in [4.78, 5) is 11.8. The molecule has 1 atom stereocenters. The third kappa shape index (κ3) is 4.47. The predicted octanol–water partition coefficient (Wildman–Crippen LogP) is 3.59. The molecule has 0 aromatic heterocycles. The Morgan fingerprint density at radius 1 is 1.28 bits per heavy atom. The second-order valence-electron chi connectivity index (χ2n) is 4.77. The second-order valence-corrected chi connectivity index (χ2v) is 4.77. The standard InChI is InChI=1S/C15H21FO2/c1-4-18-15(17)14(11(2)3)10-7-12-5-8-13(16)9-6-12/h5-6,8-9,11,14H,4,7,10H2,1-3H3. The molecule has 1 aromatic carbocycles. The molecule has 0 spiro atoms. The van der Waals surface area contributed by atoms with Crippen LogP contribution in [0.25, 0.3) is 0 Å². The molecule has 0 saturated carbocycles. The normalized spacial score (nSPS) is 12.5. The summed E-state index contributed by atoms with van der Waals surface area (Å²) in [6, 6.07) is 6.42. The van der Waals surface area contributed by atoms with Crippen molar-refractivity contribution in [1.29, 1.82) is 0 Å². The number of aryl methyl sites for hydroxylation is 1. The van der Waals surface area contributed by atoms with Crippen LogP contribution in [0.2, 0.25) is 0 Å². The molecule has 0 bridgehead atoms. The van der Waals surface area contributed by atoms with Gasteiger partial charge < -0.3 is 4.74 Å². The van der Waals surface area contributed by atoms with Crippen LogP contribution in [-0.4, -0.2) is 12.6 Å². The first-order valence-corrected chi connectivity index (χ1v) is 6.45. The van der Waals surface area contributed by atoms with Gasteiger partial charge in [-0.15, -0.1) is 0 Å². The molecule has 0 radical (unpaired) electrons. The topological polar surface area (TPSA) is 26.3 Å². The lowest BCUT2D eigenvalue weighted by molar-refractivity contribution is -0.149. The van der Waals surface area contributed by atoms with Crippen LogP contribution in [0.15, 0.2) is 24.3 Å². The van der Waals surface area contributed by atoms with Crippen molar-refractivity contribution >= 4 is 5.97 Å². The van der Waals surface area contributed by atoms with Crippen LogP contribution < -0.4 is 0 Å². The Bertz CT molecular complexity index is 371. The van der Waals surface area contributed by atoms with E-state index in [2.05, 4.69) is 0 Å². The predicted molar refractivity (Wildman–Crippen MR) is 69.7 cm³/mol. The fourth-order valence-electron chi connectivity index (χ4n) is 1.95. The minimum Gasteiger partial charge on any atom is -0.466 e. The van der Waals surface area contributed by atoms with Crippen LogP contribution in [0.1, 0.15) is 32.8 Å². The first-order valence-electron chi connectivity index (χ1n) is 6.45. The maximum absolute atomic E-state index is 12.8. The molecule has 1 aromatic rings. The summed E-state index contributed by atoms with van der Waals surface area (Å²) in [5.41, 5.74) is 1.05. The molecule has 0 heterocycles. The molecule has 0 N–H and O–H groups in total. The Labute approximate surface area is 108 Å². The number of rotatable bonds is 6. The maximum atomic E-state index is 12.8. The Morgan fingerprint density at radius 3 is 2.39 bits per heavy atom. The summed E-state index contributed by atoms with van der Waals surface area (Å²) in [5.74, 6) is -0.196. The lowest BCUT2D eigenvalue weighted by Crippen LogP contribution is -2.23. The van der Waals surface area contributed by atoms with Crippen molar-refractivity contribution in [3.8, 4) is 0 Å². The van der Waals surface area contributed by atoms with Gasteiger partial charge in [-0.3, -0.25) is 4.79 Å². The molecule has 18 heavy (non-hydrogen) atoms. The van der Waals surface area contributed by atoms with E-state index in [1.54, 1.807) is 12.1 Å². The average Bonchev–Trinajstić information content (AvgIpc) is 2.31. The highest BCUT2D eigenvalue weighted by Crippen LogP contribution is 2.20. The van der Waals surface area contributed by atoms with Gasteiger partial charge in [-0.1, -0.05) is 26.0 Å². The molecule has 100 valence electrons. The van der Waals surface area contributed by atoms with E-state index < -0.39 is 0 Å². The summed E-state index contributed by atoms with van der Waals surface area (Å²) in [6.45, 7) is 6.27. The lowest BCUT2D eigenvalue weighted by Gasteiger charge is -2.18. The van der Waals surface area contributed by atoms with E-state index >= 15 is 0 Å². The number of carbonyl (C=O) groups is 1. The molecule has 0 aliphatic heterocycles. The second kappa shape index (κ2) is 7.14. The van der Waals surface area contributed by atoms with Crippen molar-refractivity contribution in [1.82, 2.24) is 0 Å². The quantitative estimate of drug-likeness (QED) is 0.723. The van der Waals surface area contributed by atoms with Gasteiger partial charge >= 0.3 is 5.97 Å². The molecule has 1 unspecified atom stereocenters. The molecular formula is C15H21FO2. The number of hydrogen-bond donors (Lipinski definition) is 0. The summed E-state index contributed by atoms with van der Waals surface area (Å²) < 4.78 is 17.8. The molecule has 0 aliphatic rings. The summed E-state index contributed by atoms with van der Waals surface area (Å²) in [6.07, 6.45) is 1.50. The molecule has 0 saturated heterocycles. The van der Waals surface area contributed by atoms with E-state index in [0.29, 0.717) is 6.61 Å². The Morgan fingerprint density at radius 2 is 1.89 bits per heavy atom. The Kier molecular flexibility index (Phi) is 5.83. The van der Waals surface area contributed by atoms with Crippen LogP contribution in [0.3, 0.4) is 0 Å². The first kappa shape index (κ1) is 14.7. The van der Waals surface area contributed by atoms with E-state index in [9.17, 15) is 9.18 Å². The highest BCUT2D eigenvalue weighted by atomic mass is 19.1. The van der Waals surface area contributed by atoms with Crippen molar-refractivity contribution in [2.75, 3.05) is 6.61 Å². The molecular weight excluding hydrogens is 231 g/mol. The molecule has 0 fully saturated rings. The fraction of sp³-hybridized carbons (Fsp3) is 0.533. The van der Waals surface area contributed by atoms with E-state index in [1.165, 1.54) is 12.1 Å². The zero-order valence-electron chi connectivity index (χ0n) is 11.3. The number of carbonyl (C=O) groups excluding carboxylic acids is 1. The zero-order chi connectivity index (χ0) is 13.5. The average molecular weight is 252 g/mol. The number of ether oxygens (including phenoxy) is 1. The molecule has 1 rings (SSSR count). The van der Waals surface area contributed by atoms with Crippen LogP contribution in [0.5, 0.6) is 0 Å². The van der Waals surface area contributed by atoms with Gasteiger partial charge in [0.05, 0.1) is 12.5 Å². The monoisotopic (exact) mass is 252 g/mol. The molecule has 3 heteroatoms. The maximum Gasteiger partial charge on any atom is 0.309 e. The van der Waals surface area contributed by atoms with Crippen LogP contribution >= 0.6 is 0 Å². The van der Waals surface area contributed by atoms with Gasteiger partial charge in [0.1, 0.15) is 5.82 Å². The van der Waals surface area contributed by atoms with Gasteiger partial charge in [-0.25, -0.2) is 4.39 Å². The Hall–Kier alpha value is -1.38. The van der Waals surface area contributed by atoms with E-state index in [-0.39, 0.29) is 23.6 Å². The van der Waals surface area contributed by atoms with E-state index in [4.69, 9.17) is 4.74 Å². The van der Waals surface area contributed by atoms with Crippen molar-refractivity contribution in [3.05, 3.63) is 35.6 Å². The Balaban J connectivity index is 2.57. The van der Waals surface area contributed by atoms with Crippen LogP contribution in [0.4, 0.5) is 4.39 Å². The SMILES string of the molecule is CCOC(=O)C(CCc1ccc(F)cc1)C(C)C. The van der Waals surface area contributed by atoms with Crippen molar-refractivity contribution in [2.45, 2.75) is 33.6 Å². The summed E-state index contributed by atoms with van der Waals surface area (Å²) in [5, 5.41) is 0. The van der Waals surface area contributed by atoms with Gasteiger partial charge in [0.2, 0.25) is 0 Å². The van der Waals surface area contributed by atoms with Gasteiger partial charge in [0, 0.05) is 0 Å². The summed E-state index contributed by atoms with van der Waals surface area (Å²) in [7, 11) is 0. The van der Waals surface area contributed by atoms with Gasteiger partial charge in [0.25, 0.3) is 0 Å². The van der Waals surface area contributed by atoms with Crippen LogP contribution in [-0.2, 0) is 16.0 Å². The summed E-state index contributed by atoms with van der Waals surface area (Å²) >= 11 is 0. The van der Waals surface area contributed by atoms with E-state index in [1.807, 2.05) is 20.8 Å². The van der Waals surface area contributed by atoms with Gasteiger partial charge in [0.15, 0.2) is 0 Å². The fourth-order valence-corrected chi connectivity index (χ4v) is 1.95. The number of halogens is 1. The third-order valence-corrected chi connectivity index (χ3v) is 3.05. The number of benzene rings is 1. The number of esters is 1. The molecule has 0 amide bonds. The van der Waals surface area contributed by atoms with Gasteiger partial charge in [-0.2, -0.15) is 0 Å². The molecule has 2 nitrogen and oxygen atoms in total. The first-order chi connectivity index (χ1) is 8.54. The lowest BCUT2D eigenvalue weighted by atomic mass is 9.89. The number of hydrogen-bond acceptors (Lipinski definition) is 2. The highest BCUT2D eigenvalue weighted by Gasteiger charge is 2.22. The largest absolute Gasteiger partial charge is 0.466 e. The molecule has 0 aliphatic carbocycles. The van der Waals surface area contributed by atoms with Crippen molar-refractivity contribution in [2.24, 2.45) is 11.8 Å². The van der Waals surface area contributed by atoms with Crippen LogP contribution in [0, 0.1) is 17.7 Å². The smallest absolute Gasteiger partial charge is 0.309 e. The zero-order valence-corrected chi connectivity index (χ0v) is 11.3. The minimum absolute atomic E-state index is 0.0880. The minimum atomic E-state index is -0.232. The third-order valence-electron chi connectivity index (χ3n) is 3.05. The van der Waals surface area contributed by atoms with Crippen molar-refractivity contribution in [3.63, 3.8) is 0 Å². The highest BCUT2D eigenvalue weighted by molar-refractivity contribution is 5.72. The van der Waals surface area contributed by atoms with E-state index in [0.717, 1.165) is 18.4 Å². The van der Waals surface area contributed by atoms with Crippen molar-refractivity contribution < 1.29 is 13.9 Å². The van der Waals surface area contributed by atoms with Gasteiger partial charge in [-0.05, 0) is 43.4 Å².